The van der Waals surface area contributed by atoms with Crippen molar-refractivity contribution in [2.75, 3.05) is 6.61 Å². The van der Waals surface area contributed by atoms with Crippen molar-refractivity contribution in [1.82, 2.24) is 0 Å². The third-order valence-corrected chi connectivity index (χ3v) is 8.49. The van der Waals surface area contributed by atoms with Crippen molar-refractivity contribution in [3.63, 3.8) is 0 Å². The molecular formula is C24H31BrO4S. The molecule has 2 atom stereocenters. The number of ether oxygens (including phenoxy) is 2. The van der Waals surface area contributed by atoms with Crippen LogP contribution in [0.5, 0.6) is 0 Å². The van der Waals surface area contributed by atoms with Gasteiger partial charge in [0.25, 0.3) is 0 Å². The Morgan fingerprint density at radius 3 is 2.27 bits per heavy atom. The van der Waals surface area contributed by atoms with Gasteiger partial charge in [-0.05, 0) is 56.5 Å². The molecule has 0 radical (unpaired) electrons. The zero-order chi connectivity index (χ0) is 21.7. The molecular weight excluding hydrogens is 464 g/mol. The van der Waals surface area contributed by atoms with Gasteiger partial charge in [-0.1, -0.05) is 65.5 Å². The number of benzene rings is 2. The van der Waals surface area contributed by atoms with E-state index in [1.165, 1.54) is 5.56 Å². The average Bonchev–Trinajstić information content (AvgIpc) is 2.70. The molecule has 2 unspecified atom stereocenters. The standard InChI is InChI=1S/C24H31BrO4S/c1-23(16-8-3-4-9-17-28-18-20-10-6-5-7-11-20)19-24(2,29-23)30(26,27)22-14-12-21(25)13-15-22/h5-7,10-15H,3-4,8-9,16-19H2,1-2H3. The van der Waals surface area contributed by atoms with Crippen LogP contribution in [0.2, 0.25) is 0 Å². The predicted octanol–water partition coefficient (Wildman–Crippen LogP) is 6.29. The molecule has 1 heterocycles. The average molecular weight is 495 g/mol. The quantitative estimate of drug-likeness (QED) is 0.344. The second-order valence-electron chi connectivity index (χ2n) is 8.52. The molecule has 0 aromatic heterocycles. The summed E-state index contributed by atoms with van der Waals surface area (Å²) in [6.45, 7) is 5.15. The van der Waals surface area contributed by atoms with Crippen LogP contribution in [0.4, 0.5) is 0 Å². The normalized spacial score (nSPS) is 23.8. The van der Waals surface area contributed by atoms with E-state index in [1.54, 1.807) is 31.2 Å². The largest absolute Gasteiger partial charge is 0.377 e. The highest BCUT2D eigenvalue weighted by Crippen LogP contribution is 2.49. The van der Waals surface area contributed by atoms with Crippen LogP contribution in [0, 0.1) is 0 Å². The zero-order valence-electron chi connectivity index (χ0n) is 17.8. The maximum absolute atomic E-state index is 13.0. The van der Waals surface area contributed by atoms with Gasteiger partial charge in [0.05, 0.1) is 17.1 Å². The van der Waals surface area contributed by atoms with Crippen molar-refractivity contribution in [1.29, 1.82) is 0 Å². The molecule has 1 saturated heterocycles. The Hall–Kier alpha value is -1.21. The lowest BCUT2D eigenvalue weighted by molar-refractivity contribution is -0.215. The molecule has 4 nitrogen and oxygen atoms in total. The molecule has 0 bridgehead atoms. The van der Waals surface area contributed by atoms with Gasteiger partial charge in [0.15, 0.2) is 4.93 Å². The summed E-state index contributed by atoms with van der Waals surface area (Å²) in [6.07, 6.45) is 5.69. The minimum absolute atomic E-state index is 0.311. The highest BCUT2D eigenvalue weighted by Gasteiger charge is 2.58. The van der Waals surface area contributed by atoms with Crippen molar-refractivity contribution in [2.45, 2.75) is 74.4 Å². The summed E-state index contributed by atoms with van der Waals surface area (Å²) >= 11 is 3.34. The smallest absolute Gasteiger partial charge is 0.207 e. The second kappa shape index (κ2) is 9.94. The third kappa shape index (κ3) is 5.72. The lowest BCUT2D eigenvalue weighted by Gasteiger charge is -2.52. The fraction of sp³-hybridized carbons (Fsp3) is 0.500. The minimum Gasteiger partial charge on any atom is -0.377 e. The van der Waals surface area contributed by atoms with Crippen molar-refractivity contribution in [3.05, 3.63) is 64.6 Å². The number of hydrogen-bond donors (Lipinski definition) is 0. The van der Waals surface area contributed by atoms with E-state index in [2.05, 4.69) is 28.1 Å². The summed E-state index contributed by atoms with van der Waals surface area (Å²) in [6, 6.07) is 17.0. The monoisotopic (exact) mass is 494 g/mol. The van der Waals surface area contributed by atoms with Crippen LogP contribution in [-0.2, 0) is 25.9 Å². The van der Waals surface area contributed by atoms with E-state index in [4.69, 9.17) is 9.47 Å². The Morgan fingerprint density at radius 2 is 1.60 bits per heavy atom. The van der Waals surface area contributed by atoms with Crippen LogP contribution >= 0.6 is 15.9 Å². The highest BCUT2D eigenvalue weighted by molar-refractivity contribution is 9.10. The molecule has 1 aliphatic heterocycles. The summed E-state index contributed by atoms with van der Waals surface area (Å²) in [7, 11) is -3.52. The van der Waals surface area contributed by atoms with Gasteiger partial charge in [-0.15, -0.1) is 0 Å². The van der Waals surface area contributed by atoms with Gasteiger partial charge in [-0.2, -0.15) is 0 Å². The molecule has 6 heteroatoms. The van der Waals surface area contributed by atoms with E-state index in [-0.39, 0.29) is 5.60 Å². The Kier molecular flexibility index (Phi) is 7.77. The molecule has 164 valence electrons. The van der Waals surface area contributed by atoms with Crippen LogP contribution in [0.15, 0.2) is 64.0 Å². The highest BCUT2D eigenvalue weighted by atomic mass is 79.9. The lowest BCUT2D eigenvalue weighted by Crippen LogP contribution is -2.60. The first-order valence-corrected chi connectivity index (χ1v) is 12.8. The molecule has 1 aliphatic rings. The van der Waals surface area contributed by atoms with E-state index in [1.807, 2.05) is 25.1 Å². The van der Waals surface area contributed by atoms with Crippen LogP contribution in [0.25, 0.3) is 0 Å². The van der Waals surface area contributed by atoms with Gasteiger partial charge < -0.3 is 9.47 Å². The van der Waals surface area contributed by atoms with Gasteiger partial charge >= 0.3 is 0 Å². The van der Waals surface area contributed by atoms with Crippen LogP contribution in [0.1, 0.15) is 57.9 Å². The van der Waals surface area contributed by atoms with E-state index in [9.17, 15) is 8.42 Å². The zero-order valence-corrected chi connectivity index (χ0v) is 20.2. The Labute approximate surface area is 189 Å². The predicted molar refractivity (Wildman–Crippen MR) is 123 cm³/mol. The van der Waals surface area contributed by atoms with E-state index in [0.29, 0.717) is 17.9 Å². The Balaban J connectivity index is 1.34. The van der Waals surface area contributed by atoms with E-state index < -0.39 is 14.8 Å². The van der Waals surface area contributed by atoms with Gasteiger partial charge in [0, 0.05) is 17.5 Å². The number of halogens is 1. The SMILES string of the molecule is CC1(CCCCCCOCc2ccccc2)CC(C)(S(=O)(=O)c2ccc(Br)cc2)O1. The minimum atomic E-state index is -3.52. The van der Waals surface area contributed by atoms with Gasteiger partial charge in [-0.3, -0.25) is 0 Å². The lowest BCUT2D eigenvalue weighted by atomic mass is 9.86. The maximum Gasteiger partial charge on any atom is 0.207 e. The van der Waals surface area contributed by atoms with Crippen LogP contribution in [-0.4, -0.2) is 25.6 Å². The van der Waals surface area contributed by atoms with Gasteiger partial charge in [-0.25, -0.2) is 8.42 Å². The summed E-state index contributed by atoms with van der Waals surface area (Å²) in [5.41, 5.74) is 0.842. The molecule has 0 aliphatic carbocycles. The molecule has 2 aromatic rings. The first kappa shape index (κ1) is 23.5. The van der Waals surface area contributed by atoms with Crippen LogP contribution in [0.3, 0.4) is 0 Å². The summed E-state index contributed by atoms with van der Waals surface area (Å²) in [5, 5.41) is 0. The van der Waals surface area contributed by atoms with E-state index in [0.717, 1.165) is 43.2 Å². The maximum atomic E-state index is 13.0. The summed E-state index contributed by atoms with van der Waals surface area (Å²) < 4.78 is 38.5. The second-order valence-corrected chi connectivity index (χ2v) is 11.8. The molecule has 0 N–H and O–H groups in total. The third-order valence-electron chi connectivity index (χ3n) is 5.71. The number of unbranched alkanes of at least 4 members (excludes halogenated alkanes) is 3. The van der Waals surface area contributed by atoms with Crippen molar-refractivity contribution in [2.24, 2.45) is 0 Å². The fourth-order valence-electron chi connectivity index (χ4n) is 4.17. The summed E-state index contributed by atoms with van der Waals surface area (Å²) in [5.74, 6) is 0. The van der Waals surface area contributed by atoms with Crippen molar-refractivity contribution >= 4 is 25.8 Å². The first-order chi connectivity index (χ1) is 14.2. The van der Waals surface area contributed by atoms with Crippen LogP contribution < -0.4 is 0 Å². The Bertz CT molecular complexity index is 904. The molecule has 2 aromatic carbocycles. The van der Waals surface area contributed by atoms with Crippen molar-refractivity contribution in [3.8, 4) is 0 Å². The molecule has 0 spiro atoms. The molecule has 0 amide bonds. The first-order valence-electron chi connectivity index (χ1n) is 10.6. The fourth-order valence-corrected chi connectivity index (χ4v) is 6.23. The topological polar surface area (TPSA) is 52.6 Å². The Morgan fingerprint density at radius 1 is 0.967 bits per heavy atom. The number of hydrogen-bond acceptors (Lipinski definition) is 4. The summed E-state index contributed by atoms with van der Waals surface area (Å²) in [4.78, 5) is -0.827. The molecule has 0 saturated carbocycles. The number of sulfone groups is 1. The van der Waals surface area contributed by atoms with E-state index >= 15 is 0 Å². The molecule has 3 rings (SSSR count). The van der Waals surface area contributed by atoms with Crippen molar-refractivity contribution < 1.29 is 17.9 Å². The number of rotatable bonds is 11. The molecule has 1 fully saturated rings. The molecule has 30 heavy (non-hydrogen) atoms. The van der Waals surface area contributed by atoms with Gasteiger partial charge in [0.2, 0.25) is 9.84 Å². The van der Waals surface area contributed by atoms with Gasteiger partial charge in [0.1, 0.15) is 0 Å².